The first-order valence-corrected chi connectivity index (χ1v) is 10.1. The van der Waals surface area contributed by atoms with Crippen molar-refractivity contribution in [3.05, 3.63) is 57.3 Å². The van der Waals surface area contributed by atoms with E-state index in [1.807, 2.05) is 22.6 Å². The normalized spacial score (nSPS) is 14.6. The van der Waals surface area contributed by atoms with Gasteiger partial charge in [0.2, 0.25) is 0 Å². The maximum absolute atomic E-state index is 12.7. The van der Waals surface area contributed by atoms with Crippen molar-refractivity contribution < 1.29 is 28.6 Å². The molecule has 1 aliphatic heterocycles. The van der Waals surface area contributed by atoms with Gasteiger partial charge in [-0.1, -0.05) is 18.2 Å². The van der Waals surface area contributed by atoms with E-state index in [0.29, 0.717) is 26.3 Å². The topological polar surface area (TPSA) is 94.2 Å². The molecule has 30 heavy (non-hydrogen) atoms. The van der Waals surface area contributed by atoms with E-state index in [9.17, 15) is 14.4 Å². The van der Waals surface area contributed by atoms with Crippen LogP contribution < -0.4 is 19.7 Å². The number of nitrogens with one attached hydrogen (secondary N) is 1. The molecule has 3 rings (SSSR count). The molecule has 1 saturated heterocycles. The van der Waals surface area contributed by atoms with Gasteiger partial charge in [0, 0.05) is 0 Å². The van der Waals surface area contributed by atoms with Crippen LogP contribution in [0.1, 0.15) is 12.5 Å². The maximum Gasteiger partial charge on any atom is 0.344 e. The summed E-state index contributed by atoms with van der Waals surface area (Å²) in [6.07, 6.45) is 1.56. The van der Waals surface area contributed by atoms with Crippen molar-refractivity contribution >= 4 is 52.3 Å². The monoisotopic (exact) mass is 522 g/mol. The first kappa shape index (κ1) is 21.6. The highest BCUT2D eigenvalue weighted by Gasteiger charge is 2.34. The maximum atomic E-state index is 12.7. The summed E-state index contributed by atoms with van der Waals surface area (Å²) in [6, 6.07) is 11.6. The van der Waals surface area contributed by atoms with Crippen molar-refractivity contribution in [3.63, 3.8) is 0 Å². The van der Waals surface area contributed by atoms with E-state index in [0.717, 1.165) is 4.90 Å². The molecule has 9 heteroatoms. The third kappa shape index (κ3) is 4.73. The second kappa shape index (κ2) is 9.61. The minimum Gasteiger partial charge on any atom is -0.493 e. The van der Waals surface area contributed by atoms with Crippen molar-refractivity contribution in [2.75, 3.05) is 25.2 Å². The predicted molar refractivity (Wildman–Crippen MR) is 118 cm³/mol. The highest BCUT2D eigenvalue weighted by molar-refractivity contribution is 14.1. The number of carbonyl (C=O) groups is 3. The number of esters is 1. The molecule has 1 heterocycles. The lowest BCUT2D eigenvalue weighted by Crippen LogP contribution is -2.30. The Bertz CT molecular complexity index is 1010. The number of anilines is 1. The standard InChI is InChI=1S/C21H19IN2O6/c1-3-29-18(25)12-30-19-15(22)9-13(11-17(19)28-2)10-16-20(26)24(21(27)23-16)14-7-5-4-6-8-14/h4-11H,3,12H2,1-2H3,(H,23,27)/b16-10+. The number of nitrogens with zero attached hydrogens (tertiary/aromatic N) is 1. The van der Waals surface area contributed by atoms with Crippen LogP contribution in [0.15, 0.2) is 48.2 Å². The molecule has 0 aliphatic carbocycles. The Balaban J connectivity index is 1.85. The molecular formula is C21H19IN2O6. The number of para-hydroxylation sites is 1. The summed E-state index contributed by atoms with van der Waals surface area (Å²) in [7, 11) is 1.47. The average Bonchev–Trinajstić information content (AvgIpc) is 3.00. The number of hydrogen-bond acceptors (Lipinski definition) is 6. The fraction of sp³-hybridized carbons (Fsp3) is 0.190. The number of methoxy groups -OCH3 is 1. The Kier molecular flexibility index (Phi) is 6.93. The van der Waals surface area contributed by atoms with Crippen molar-refractivity contribution in [2.45, 2.75) is 6.92 Å². The fourth-order valence-electron chi connectivity index (χ4n) is 2.81. The van der Waals surface area contributed by atoms with Crippen LogP contribution in [0, 0.1) is 3.57 Å². The van der Waals surface area contributed by atoms with E-state index >= 15 is 0 Å². The minimum atomic E-state index is -0.520. The van der Waals surface area contributed by atoms with E-state index in [1.54, 1.807) is 55.5 Å². The van der Waals surface area contributed by atoms with Gasteiger partial charge < -0.3 is 19.5 Å². The lowest BCUT2D eigenvalue weighted by atomic mass is 10.1. The summed E-state index contributed by atoms with van der Waals surface area (Å²) in [4.78, 5) is 37.7. The molecule has 0 saturated carbocycles. The van der Waals surface area contributed by atoms with E-state index in [2.05, 4.69) is 5.32 Å². The van der Waals surface area contributed by atoms with Crippen LogP contribution in [0.5, 0.6) is 11.5 Å². The molecular weight excluding hydrogens is 503 g/mol. The molecule has 1 N–H and O–H groups in total. The zero-order valence-corrected chi connectivity index (χ0v) is 18.5. The molecule has 0 radical (unpaired) electrons. The van der Waals surface area contributed by atoms with Gasteiger partial charge in [-0.3, -0.25) is 4.79 Å². The largest absolute Gasteiger partial charge is 0.493 e. The Morgan fingerprint density at radius 2 is 1.93 bits per heavy atom. The molecule has 1 fully saturated rings. The van der Waals surface area contributed by atoms with Gasteiger partial charge in [-0.25, -0.2) is 14.5 Å². The summed E-state index contributed by atoms with van der Waals surface area (Å²) in [5, 5.41) is 2.59. The van der Waals surface area contributed by atoms with Crippen molar-refractivity contribution in [1.82, 2.24) is 5.32 Å². The molecule has 8 nitrogen and oxygen atoms in total. The van der Waals surface area contributed by atoms with Gasteiger partial charge in [0.1, 0.15) is 5.70 Å². The van der Waals surface area contributed by atoms with Crippen molar-refractivity contribution in [3.8, 4) is 11.5 Å². The molecule has 2 aromatic carbocycles. The molecule has 0 atom stereocenters. The predicted octanol–water partition coefficient (Wildman–Crippen LogP) is 3.34. The third-order valence-electron chi connectivity index (χ3n) is 4.10. The second-order valence-electron chi connectivity index (χ2n) is 6.09. The summed E-state index contributed by atoms with van der Waals surface area (Å²) in [6.45, 7) is 1.73. The molecule has 2 aromatic rings. The van der Waals surface area contributed by atoms with Gasteiger partial charge in [-0.05, 0) is 65.4 Å². The molecule has 156 valence electrons. The molecule has 0 unspecified atom stereocenters. The molecule has 0 spiro atoms. The van der Waals surface area contributed by atoms with E-state index in [1.165, 1.54) is 7.11 Å². The lowest BCUT2D eigenvalue weighted by Gasteiger charge is -2.13. The average molecular weight is 522 g/mol. The van der Waals surface area contributed by atoms with Gasteiger partial charge in [0.05, 0.1) is 23.0 Å². The van der Waals surface area contributed by atoms with Crippen LogP contribution in [-0.4, -0.2) is 38.2 Å². The smallest absolute Gasteiger partial charge is 0.344 e. The summed E-state index contributed by atoms with van der Waals surface area (Å²) in [5.41, 5.74) is 1.25. The van der Waals surface area contributed by atoms with E-state index in [4.69, 9.17) is 14.2 Å². The first-order valence-electron chi connectivity index (χ1n) is 9.02. The number of ether oxygens (including phenoxy) is 3. The molecule has 0 aromatic heterocycles. The highest BCUT2D eigenvalue weighted by atomic mass is 127. The number of imide groups is 1. The number of halogens is 1. The SMILES string of the molecule is CCOC(=O)COc1c(I)cc(/C=C2/NC(=O)N(c3ccccc3)C2=O)cc1OC. The van der Waals surface area contributed by atoms with Gasteiger partial charge in [-0.2, -0.15) is 0 Å². The van der Waals surface area contributed by atoms with Crippen LogP contribution in [-0.2, 0) is 14.3 Å². The van der Waals surface area contributed by atoms with Crippen molar-refractivity contribution in [1.29, 1.82) is 0 Å². The summed E-state index contributed by atoms with van der Waals surface area (Å²) in [5.74, 6) is -0.166. The Labute approximate surface area is 186 Å². The highest BCUT2D eigenvalue weighted by Crippen LogP contribution is 2.35. The molecule has 3 amide bonds. The van der Waals surface area contributed by atoms with Crippen molar-refractivity contribution in [2.24, 2.45) is 0 Å². The number of carbonyl (C=O) groups excluding carboxylic acids is 3. The quantitative estimate of drug-likeness (QED) is 0.260. The summed E-state index contributed by atoms with van der Waals surface area (Å²) >= 11 is 2.04. The number of benzene rings is 2. The second-order valence-corrected chi connectivity index (χ2v) is 7.25. The van der Waals surface area contributed by atoms with Gasteiger partial charge in [0.25, 0.3) is 5.91 Å². The third-order valence-corrected chi connectivity index (χ3v) is 4.90. The number of hydrogen-bond donors (Lipinski definition) is 1. The zero-order chi connectivity index (χ0) is 21.7. The van der Waals surface area contributed by atoms with E-state index in [-0.39, 0.29) is 18.9 Å². The Morgan fingerprint density at radius 1 is 1.20 bits per heavy atom. The fourth-order valence-corrected chi connectivity index (χ4v) is 3.59. The van der Waals surface area contributed by atoms with Crippen LogP contribution in [0.3, 0.4) is 0 Å². The number of urea groups is 1. The number of rotatable bonds is 7. The lowest BCUT2D eigenvalue weighted by molar-refractivity contribution is -0.145. The summed E-state index contributed by atoms with van der Waals surface area (Å²) < 4.78 is 16.4. The van der Waals surface area contributed by atoms with Gasteiger partial charge in [-0.15, -0.1) is 0 Å². The Hall–Kier alpha value is -3.08. The van der Waals surface area contributed by atoms with Gasteiger partial charge in [0.15, 0.2) is 18.1 Å². The van der Waals surface area contributed by atoms with Crippen LogP contribution in [0.2, 0.25) is 0 Å². The molecule has 1 aliphatic rings. The number of amides is 3. The van der Waals surface area contributed by atoms with E-state index < -0.39 is 17.9 Å². The van der Waals surface area contributed by atoms with Gasteiger partial charge >= 0.3 is 12.0 Å². The van der Waals surface area contributed by atoms with Crippen LogP contribution >= 0.6 is 22.6 Å². The molecule has 0 bridgehead atoms. The van der Waals surface area contributed by atoms with Crippen LogP contribution in [0.4, 0.5) is 10.5 Å². The zero-order valence-electron chi connectivity index (χ0n) is 16.3. The first-order chi connectivity index (χ1) is 14.4. The minimum absolute atomic E-state index is 0.141. The van der Waals surface area contributed by atoms with Crippen LogP contribution in [0.25, 0.3) is 6.08 Å². The Morgan fingerprint density at radius 3 is 2.60 bits per heavy atom.